The van der Waals surface area contributed by atoms with E-state index in [-0.39, 0.29) is 0 Å². The third kappa shape index (κ3) is 3.37. The second kappa shape index (κ2) is 5.14. The Morgan fingerprint density at radius 2 is 2.14 bits per heavy atom. The highest BCUT2D eigenvalue weighted by Gasteiger charge is 2.05. The monoisotopic (exact) mass is 192 g/mol. The van der Waals surface area contributed by atoms with Crippen molar-refractivity contribution in [2.75, 3.05) is 0 Å². The van der Waals surface area contributed by atoms with Crippen LogP contribution in [0.15, 0.2) is 35.4 Å². The van der Waals surface area contributed by atoms with Crippen molar-refractivity contribution in [2.45, 2.75) is 13.0 Å². The van der Waals surface area contributed by atoms with Crippen LogP contribution in [0, 0.1) is 0 Å². The molecule has 1 amide bonds. The van der Waals surface area contributed by atoms with Crippen LogP contribution in [0.25, 0.3) is 0 Å². The summed E-state index contributed by atoms with van der Waals surface area (Å²) in [5.41, 5.74) is 3.10. The molecule has 2 N–H and O–H groups in total. The fraction of sp³-hybridized carbons (Fsp3) is 0.200. The van der Waals surface area contributed by atoms with Crippen molar-refractivity contribution in [2.24, 2.45) is 5.10 Å². The lowest BCUT2D eigenvalue weighted by atomic mass is 10.2. The summed E-state index contributed by atoms with van der Waals surface area (Å²) in [4.78, 5) is 10.9. The molecule has 0 heterocycles. The standard InChI is InChI=1S/C10H12N2O2/c1-8(13)10(14)12-11-7-9-5-3-2-4-6-9/h2-8,13H,1H3,(H,12,14)/b11-7-/t8-/m0/s1. The van der Waals surface area contributed by atoms with Gasteiger partial charge in [0, 0.05) is 0 Å². The number of hydrazone groups is 1. The van der Waals surface area contributed by atoms with Gasteiger partial charge in [-0.2, -0.15) is 5.10 Å². The van der Waals surface area contributed by atoms with Gasteiger partial charge in [-0.3, -0.25) is 4.79 Å². The Bertz CT molecular complexity index is 320. The molecule has 0 unspecified atom stereocenters. The van der Waals surface area contributed by atoms with Crippen molar-refractivity contribution in [1.82, 2.24) is 5.43 Å². The smallest absolute Gasteiger partial charge is 0.268 e. The van der Waals surface area contributed by atoms with E-state index in [9.17, 15) is 4.79 Å². The summed E-state index contributed by atoms with van der Waals surface area (Å²) < 4.78 is 0. The summed E-state index contributed by atoms with van der Waals surface area (Å²) in [5, 5.41) is 12.5. The second-order valence-electron chi connectivity index (χ2n) is 2.82. The molecular formula is C10H12N2O2. The van der Waals surface area contributed by atoms with E-state index in [1.54, 1.807) is 0 Å². The van der Waals surface area contributed by atoms with Crippen LogP contribution in [0.5, 0.6) is 0 Å². The zero-order valence-electron chi connectivity index (χ0n) is 7.84. The first kappa shape index (κ1) is 10.4. The molecule has 4 nitrogen and oxygen atoms in total. The molecule has 0 aliphatic rings. The lowest BCUT2D eigenvalue weighted by Crippen LogP contribution is -2.28. The second-order valence-corrected chi connectivity index (χ2v) is 2.82. The fourth-order valence-corrected chi connectivity index (χ4v) is 0.803. The Labute approximate surface area is 82.3 Å². The number of nitrogens with one attached hydrogen (secondary N) is 1. The van der Waals surface area contributed by atoms with E-state index in [0.717, 1.165) is 5.56 Å². The molecule has 0 saturated carbocycles. The maximum Gasteiger partial charge on any atom is 0.268 e. The molecule has 0 radical (unpaired) electrons. The minimum atomic E-state index is -1.04. The maximum atomic E-state index is 10.9. The molecule has 4 heteroatoms. The highest BCUT2D eigenvalue weighted by atomic mass is 16.3. The minimum Gasteiger partial charge on any atom is -0.383 e. The van der Waals surface area contributed by atoms with E-state index in [0.29, 0.717) is 0 Å². The molecule has 0 aromatic heterocycles. The molecule has 0 aliphatic carbocycles. The Kier molecular flexibility index (Phi) is 3.82. The van der Waals surface area contributed by atoms with E-state index in [1.165, 1.54) is 13.1 Å². The van der Waals surface area contributed by atoms with Crippen LogP contribution in [-0.2, 0) is 4.79 Å². The third-order valence-corrected chi connectivity index (χ3v) is 1.57. The molecule has 0 saturated heterocycles. The highest BCUT2D eigenvalue weighted by Crippen LogP contribution is 1.93. The van der Waals surface area contributed by atoms with Gasteiger partial charge in [0.2, 0.25) is 0 Å². The van der Waals surface area contributed by atoms with Crippen LogP contribution < -0.4 is 5.43 Å². The van der Waals surface area contributed by atoms with E-state index in [2.05, 4.69) is 10.5 Å². The number of rotatable bonds is 3. The van der Waals surface area contributed by atoms with Gasteiger partial charge in [0.15, 0.2) is 0 Å². The topological polar surface area (TPSA) is 61.7 Å². The summed E-state index contributed by atoms with van der Waals surface area (Å²) in [6.07, 6.45) is 0.475. The lowest BCUT2D eigenvalue weighted by molar-refractivity contribution is -0.128. The number of hydrogen-bond acceptors (Lipinski definition) is 3. The SMILES string of the molecule is C[C@H](O)C(=O)N/N=C\c1ccccc1. The van der Waals surface area contributed by atoms with Crippen LogP contribution in [0.2, 0.25) is 0 Å². The van der Waals surface area contributed by atoms with Gasteiger partial charge in [-0.1, -0.05) is 30.3 Å². The fourth-order valence-electron chi connectivity index (χ4n) is 0.803. The largest absolute Gasteiger partial charge is 0.383 e. The number of amides is 1. The average molecular weight is 192 g/mol. The lowest BCUT2D eigenvalue weighted by Gasteiger charge is -2.00. The van der Waals surface area contributed by atoms with Gasteiger partial charge in [-0.05, 0) is 12.5 Å². The summed E-state index contributed by atoms with van der Waals surface area (Å²) in [5.74, 6) is -0.516. The van der Waals surface area contributed by atoms with Crippen molar-refractivity contribution in [3.63, 3.8) is 0 Å². The average Bonchev–Trinajstić information content (AvgIpc) is 2.19. The van der Waals surface area contributed by atoms with Crippen molar-refractivity contribution in [3.05, 3.63) is 35.9 Å². The van der Waals surface area contributed by atoms with E-state index >= 15 is 0 Å². The van der Waals surface area contributed by atoms with Gasteiger partial charge in [0.1, 0.15) is 6.10 Å². The number of carbonyl (C=O) groups excluding carboxylic acids is 1. The van der Waals surface area contributed by atoms with E-state index < -0.39 is 12.0 Å². The summed E-state index contributed by atoms with van der Waals surface area (Å²) in [6, 6.07) is 9.36. The van der Waals surface area contributed by atoms with Crippen LogP contribution in [0.4, 0.5) is 0 Å². The zero-order chi connectivity index (χ0) is 10.4. The molecule has 1 atom stereocenters. The molecule has 0 fully saturated rings. The zero-order valence-corrected chi connectivity index (χ0v) is 7.84. The molecule has 0 bridgehead atoms. The first-order valence-corrected chi connectivity index (χ1v) is 4.26. The van der Waals surface area contributed by atoms with Crippen molar-refractivity contribution >= 4 is 12.1 Å². The Morgan fingerprint density at radius 3 is 2.71 bits per heavy atom. The van der Waals surface area contributed by atoms with Crippen LogP contribution in [-0.4, -0.2) is 23.3 Å². The van der Waals surface area contributed by atoms with E-state index in [1.807, 2.05) is 30.3 Å². The quantitative estimate of drug-likeness (QED) is 0.541. The van der Waals surface area contributed by atoms with Crippen LogP contribution >= 0.6 is 0 Å². The summed E-state index contributed by atoms with van der Waals surface area (Å²) in [6.45, 7) is 1.38. The van der Waals surface area contributed by atoms with Crippen molar-refractivity contribution < 1.29 is 9.90 Å². The van der Waals surface area contributed by atoms with E-state index in [4.69, 9.17) is 5.11 Å². The van der Waals surface area contributed by atoms with Gasteiger partial charge in [0.05, 0.1) is 6.21 Å². The Hall–Kier alpha value is -1.68. The Balaban J connectivity index is 2.46. The maximum absolute atomic E-state index is 10.9. The van der Waals surface area contributed by atoms with Gasteiger partial charge in [-0.15, -0.1) is 0 Å². The molecule has 1 rings (SSSR count). The summed E-state index contributed by atoms with van der Waals surface area (Å²) >= 11 is 0. The molecular weight excluding hydrogens is 180 g/mol. The van der Waals surface area contributed by atoms with Crippen molar-refractivity contribution in [1.29, 1.82) is 0 Å². The highest BCUT2D eigenvalue weighted by molar-refractivity contribution is 5.83. The first-order chi connectivity index (χ1) is 6.70. The predicted octanol–water partition coefficient (Wildman–Crippen LogP) is 0.517. The minimum absolute atomic E-state index is 0.516. The number of nitrogens with zero attached hydrogens (tertiary/aromatic N) is 1. The van der Waals surface area contributed by atoms with Crippen LogP contribution in [0.3, 0.4) is 0 Å². The molecule has 1 aromatic rings. The van der Waals surface area contributed by atoms with Gasteiger partial charge < -0.3 is 5.11 Å². The molecule has 14 heavy (non-hydrogen) atoms. The third-order valence-electron chi connectivity index (χ3n) is 1.57. The van der Waals surface area contributed by atoms with Gasteiger partial charge >= 0.3 is 0 Å². The molecule has 0 spiro atoms. The predicted molar refractivity (Wildman–Crippen MR) is 53.9 cm³/mol. The van der Waals surface area contributed by atoms with Crippen molar-refractivity contribution in [3.8, 4) is 0 Å². The number of hydrogen-bond donors (Lipinski definition) is 2. The first-order valence-electron chi connectivity index (χ1n) is 4.26. The number of aliphatic hydroxyl groups is 1. The van der Waals surface area contributed by atoms with Gasteiger partial charge in [0.25, 0.3) is 5.91 Å². The number of aliphatic hydroxyl groups excluding tert-OH is 1. The molecule has 74 valence electrons. The number of benzene rings is 1. The Morgan fingerprint density at radius 1 is 1.50 bits per heavy atom. The van der Waals surface area contributed by atoms with Gasteiger partial charge in [-0.25, -0.2) is 5.43 Å². The van der Waals surface area contributed by atoms with Crippen LogP contribution in [0.1, 0.15) is 12.5 Å². The normalized spacial score (nSPS) is 12.7. The number of carbonyl (C=O) groups is 1. The molecule has 0 aliphatic heterocycles. The summed E-state index contributed by atoms with van der Waals surface area (Å²) in [7, 11) is 0. The molecule has 1 aromatic carbocycles.